The van der Waals surface area contributed by atoms with Crippen molar-refractivity contribution in [1.29, 1.82) is 0 Å². The molecule has 1 aromatic rings. The van der Waals surface area contributed by atoms with Crippen molar-refractivity contribution in [2.75, 3.05) is 30.0 Å². The molecule has 1 fully saturated rings. The van der Waals surface area contributed by atoms with Crippen molar-refractivity contribution in [3.63, 3.8) is 0 Å². The topological polar surface area (TPSA) is 47.0 Å². The fraction of sp³-hybridized carbons (Fsp3) is 0.667. The maximum absolute atomic E-state index is 5.47. The maximum Gasteiger partial charge on any atom is 0.218 e. The third kappa shape index (κ3) is 4.07. The van der Waals surface area contributed by atoms with Gasteiger partial charge in [0.25, 0.3) is 0 Å². The zero-order valence-corrected chi connectivity index (χ0v) is 11.0. The van der Waals surface area contributed by atoms with Crippen LogP contribution >= 0.6 is 11.8 Å². The predicted octanol–water partition coefficient (Wildman–Crippen LogP) is 2.43. The van der Waals surface area contributed by atoms with Crippen molar-refractivity contribution >= 4 is 17.6 Å². The molecule has 0 aromatic carbocycles. The fourth-order valence-corrected chi connectivity index (χ4v) is 3.00. The van der Waals surface area contributed by atoms with Crippen molar-refractivity contribution in [2.45, 2.75) is 19.8 Å². The quantitative estimate of drug-likeness (QED) is 0.843. The molecule has 1 saturated heterocycles. The Kier molecular flexibility index (Phi) is 4.91. The Labute approximate surface area is 107 Å². The summed E-state index contributed by atoms with van der Waals surface area (Å²) in [6.45, 7) is 3.78. The Balaban J connectivity index is 1.82. The van der Waals surface area contributed by atoms with E-state index in [0.29, 0.717) is 12.5 Å². The Morgan fingerprint density at radius 2 is 2.47 bits per heavy atom. The van der Waals surface area contributed by atoms with Gasteiger partial charge in [0.15, 0.2) is 0 Å². The molecule has 2 rings (SSSR count). The summed E-state index contributed by atoms with van der Waals surface area (Å²) in [4.78, 5) is 8.28. The second-order valence-electron chi connectivity index (χ2n) is 4.20. The van der Waals surface area contributed by atoms with E-state index in [1.54, 1.807) is 6.33 Å². The van der Waals surface area contributed by atoms with E-state index in [1.165, 1.54) is 17.9 Å². The molecule has 0 spiro atoms. The van der Waals surface area contributed by atoms with Crippen LogP contribution in [0.3, 0.4) is 0 Å². The van der Waals surface area contributed by atoms with Gasteiger partial charge in [-0.25, -0.2) is 9.97 Å². The second kappa shape index (κ2) is 6.69. The molecule has 2 heterocycles. The molecule has 17 heavy (non-hydrogen) atoms. The van der Waals surface area contributed by atoms with Crippen LogP contribution in [-0.4, -0.2) is 34.6 Å². The lowest BCUT2D eigenvalue weighted by Crippen LogP contribution is -2.14. The highest BCUT2D eigenvalue weighted by molar-refractivity contribution is 7.99. The summed E-state index contributed by atoms with van der Waals surface area (Å²) in [6, 6.07) is 1.87. The molecule has 1 unspecified atom stereocenters. The average molecular weight is 253 g/mol. The molecule has 0 aliphatic carbocycles. The van der Waals surface area contributed by atoms with E-state index in [1.807, 2.05) is 17.8 Å². The van der Waals surface area contributed by atoms with Crippen molar-refractivity contribution in [2.24, 2.45) is 5.92 Å². The van der Waals surface area contributed by atoms with Crippen LogP contribution in [-0.2, 0) is 0 Å². The van der Waals surface area contributed by atoms with Gasteiger partial charge in [-0.3, -0.25) is 0 Å². The Morgan fingerprint density at radius 1 is 1.53 bits per heavy atom. The minimum atomic E-state index is 0.658. The number of rotatable bonds is 6. The second-order valence-corrected chi connectivity index (χ2v) is 5.35. The lowest BCUT2D eigenvalue weighted by atomic mass is 10.1. The summed E-state index contributed by atoms with van der Waals surface area (Å²) in [5.41, 5.74) is 0. The summed E-state index contributed by atoms with van der Waals surface area (Å²) in [7, 11) is 0. The first-order valence-corrected chi connectivity index (χ1v) is 7.30. The zero-order valence-electron chi connectivity index (χ0n) is 10.2. The van der Waals surface area contributed by atoms with Crippen LogP contribution in [0.2, 0.25) is 0 Å². The molecule has 1 atom stereocenters. The van der Waals surface area contributed by atoms with Gasteiger partial charge in [-0.15, -0.1) is 0 Å². The van der Waals surface area contributed by atoms with Gasteiger partial charge in [0.2, 0.25) is 5.88 Å². The molecule has 4 nitrogen and oxygen atoms in total. The van der Waals surface area contributed by atoms with E-state index in [4.69, 9.17) is 4.74 Å². The van der Waals surface area contributed by atoms with Crippen molar-refractivity contribution in [3.05, 3.63) is 12.4 Å². The average Bonchev–Trinajstić information content (AvgIpc) is 2.87. The first-order valence-electron chi connectivity index (χ1n) is 6.15. The van der Waals surface area contributed by atoms with Gasteiger partial charge in [0.1, 0.15) is 12.1 Å². The summed E-state index contributed by atoms with van der Waals surface area (Å²) < 4.78 is 5.47. The van der Waals surface area contributed by atoms with Gasteiger partial charge < -0.3 is 10.1 Å². The monoisotopic (exact) mass is 253 g/mol. The molecular formula is C12H19N3OS. The van der Waals surface area contributed by atoms with Gasteiger partial charge in [-0.2, -0.15) is 11.8 Å². The number of aromatic nitrogens is 2. The van der Waals surface area contributed by atoms with Crippen LogP contribution < -0.4 is 10.1 Å². The maximum atomic E-state index is 5.47. The van der Waals surface area contributed by atoms with Gasteiger partial charge in [-0.1, -0.05) is 6.92 Å². The van der Waals surface area contributed by atoms with E-state index >= 15 is 0 Å². The molecule has 1 aliphatic heterocycles. The predicted molar refractivity (Wildman–Crippen MR) is 71.7 cm³/mol. The van der Waals surface area contributed by atoms with E-state index in [2.05, 4.69) is 22.2 Å². The van der Waals surface area contributed by atoms with Crippen LogP contribution in [0.25, 0.3) is 0 Å². The Morgan fingerprint density at radius 3 is 3.24 bits per heavy atom. The van der Waals surface area contributed by atoms with Gasteiger partial charge >= 0.3 is 0 Å². The summed E-state index contributed by atoms with van der Waals surface area (Å²) in [5.74, 6) is 4.85. The van der Waals surface area contributed by atoms with E-state index < -0.39 is 0 Å². The van der Waals surface area contributed by atoms with E-state index in [9.17, 15) is 0 Å². The molecule has 1 N–H and O–H groups in total. The van der Waals surface area contributed by atoms with Gasteiger partial charge in [0, 0.05) is 12.6 Å². The normalized spacial score (nSPS) is 19.2. The van der Waals surface area contributed by atoms with Crippen LogP contribution in [0.15, 0.2) is 12.4 Å². The van der Waals surface area contributed by atoms with E-state index in [0.717, 1.165) is 24.7 Å². The van der Waals surface area contributed by atoms with Crippen molar-refractivity contribution in [3.8, 4) is 5.88 Å². The smallest absolute Gasteiger partial charge is 0.218 e. The van der Waals surface area contributed by atoms with Crippen LogP contribution in [0.1, 0.15) is 19.8 Å². The van der Waals surface area contributed by atoms with Gasteiger partial charge in [0.05, 0.1) is 6.61 Å². The minimum absolute atomic E-state index is 0.658. The molecule has 0 saturated carbocycles. The number of anilines is 1. The summed E-state index contributed by atoms with van der Waals surface area (Å²) in [6.07, 6.45) is 3.85. The molecule has 1 aromatic heterocycles. The minimum Gasteiger partial charge on any atom is -0.478 e. The highest BCUT2D eigenvalue weighted by Gasteiger charge is 2.15. The van der Waals surface area contributed by atoms with Crippen LogP contribution in [0.4, 0.5) is 5.82 Å². The Bertz CT molecular complexity index is 342. The SMILES string of the molecule is CCCOc1cc(NCC2CCSC2)ncn1. The zero-order chi connectivity index (χ0) is 11.9. The molecule has 5 heteroatoms. The standard InChI is InChI=1S/C12H19N3OS/c1-2-4-16-12-6-11(14-9-15-12)13-7-10-3-5-17-8-10/h6,9-10H,2-5,7-8H2,1H3,(H,13,14,15). The number of nitrogens with zero attached hydrogens (tertiary/aromatic N) is 2. The van der Waals surface area contributed by atoms with Crippen LogP contribution in [0.5, 0.6) is 5.88 Å². The summed E-state index contributed by atoms with van der Waals surface area (Å²) >= 11 is 2.03. The third-order valence-electron chi connectivity index (χ3n) is 2.69. The molecular weight excluding hydrogens is 234 g/mol. The number of ether oxygens (including phenoxy) is 1. The summed E-state index contributed by atoms with van der Waals surface area (Å²) in [5, 5.41) is 3.36. The third-order valence-corrected chi connectivity index (χ3v) is 3.92. The first-order chi connectivity index (χ1) is 8.38. The highest BCUT2D eigenvalue weighted by Crippen LogP contribution is 2.23. The number of hydrogen-bond donors (Lipinski definition) is 1. The Hall–Kier alpha value is -0.970. The number of nitrogens with one attached hydrogen (secondary N) is 1. The lowest BCUT2D eigenvalue weighted by Gasteiger charge is -2.11. The molecule has 1 aliphatic rings. The lowest BCUT2D eigenvalue weighted by molar-refractivity contribution is 0.305. The van der Waals surface area contributed by atoms with Gasteiger partial charge in [-0.05, 0) is 30.3 Å². The van der Waals surface area contributed by atoms with Crippen LogP contribution in [0, 0.1) is 5.92 Å². The van der Waals surface area contributed by atoms with E-state index in [-0.39, 0.29) is 0 Å². The largest absolute Gasteiger partial charge is 0.478 e. The highest BCUT2D eigenvalue weighted by atomic mass is 32.2. The molecule has 0 radical (unpaired) electrons. The first kappa shape index (κ1) is 12.5. The number of thioether (sulfide) groups is 1. The molecule has 0 bridgehead atoms. The fourth-order valence-electron chi connectivity index (χ4n) is 1.71. The van der Waals surface area contributed by atoms with Crippen molar-refractivity contribution < 1.29 is 4.74 Å². The number of hydrogen-bond acceptors (Lipinski definition) is 5. The van der Waals surface area contributed by atoms with Crippen molar-refractivity contribution in [1.82, 2.24) is 9.97 Å². The molecule has 94 valence electrons. The molecule has 0 amide bonds.